The number of nitrogens with zero attached hydrogens (tertiary/aromatic N) is 1. The Balaban J connectivity index is 2.41. The molecular formula is C15H11Br2N3O3. The minimum Gasteiger partial charge on any atom is -0.384 e. The fourth-order valence-electron chi connectivity index (χ4n) is 2.61. The second-order valence-corrected chi connectivity index (χ2v) is 6.83. The molecule has 0 unspecified atom stereocenters. The number of rotatable bonds is 1. The third-order valence-corrected chi connectivity index (χ3v) is 6.00. The van der Waals surface area contributed by atoms with Crippen molar-refractivity contribution in [1.82, 2.24) is 9.88 Å². The molecule has 2 amide bonds. The molecule has 0 saturated carbocycles. The molecule has 23 heavy (non-hydrogen) atoms. The topological polar surface area (TPSA) is 94.2 Å². The quantitative estimate of drug-likeness (QED) is 0.666. The molecule has 1 aromatic heterocycles. The maximum atomic E-state index is 12.5. The number of nitrogens with one attached hydrogen (secondary N) is 1. The van der Waals surface area contributed by atoms with Crippen LogP contribution in [-0.4, -0.2) is 16.4 Å². The van der Waals surface area contributed by atoms with Crippen molar-refractivity contribution in [2.75, 3.05) is 5.73 Å². The van der Waals surface area contributed by atoms with E-state index in [2.05, 4.69) is 37.2 Å². The number of hydrogen-bond acceptors (Lipinski definition) is 4. The predicted octanol–water partition coefficient (Wildman–Crippen LogP) is 2.45. The molecule has 3 rings (SSSR count). The van der Waals surface area contributed by atoms with Gasteiger partial charge in [-0.25, -0.2) is 0 Å². The van der Waals surface area contributed by atoms with Crippen molar-refractivity contribution in [3.05, 3.63) is 53.7 Å². The first-order valence-corrected chi connectivity index (χ1v) is 8.19. The van der Waals surface area contributed by atoms with Crippen LogP contribution in [-0.2, 0) is 0 Å². The number of anilines is 1. The Hall–Kier alpha value is -1.93. The molecule has 1 aliphatic rings. The van der Waals surface area contributed by atoms with Gasteiger partial charge in [-0.15, -0.1) is 0 Å². The molecule has 6 nitrogen and oxygen atoms in total. The lowest BCUT2D eigenvalue weighted by Gasteiger charge is -2.17. The number of pyridine rings is 1. The SMILES string of the molecule is Cc1cc(-n2c(N)c3c(cc2=O)C(=O)NC3=O)c(Br)c(C)c1Br. The van der Waals surface area contributed by atoms with Gasteiger partial charge in [-0.3, -0.25) is 24.3 Å². The lowest BCUT2D eigenvalue weighted by molar-refractivity contribution is 0.0880. The number of hydrogen-bond donors (Lipinski definition) is 2. The van der Waals surface area contributed by atoms with E-state index >= 15 is 0 Å². The standard InChI is InChI=1S/C15H11Br2N3O3/c1-5-3-8(12(17)6(2)11(5)16)20-9(21)4-7-10(13(20)18)15(23)19-14(7)22/h3-4H,18H2,1-2H3,(H,19,22,23). The first-order chi connectivity index (χ1) is 10.7. The number of nitrogens with two attached hydrogens (primary N) is 1. The smallest absolute Gasteiger partial charge is 0.262 e. The zero-order valence-corrected chi connectivity index (χ0v) is 15.3. The average Bonchev–Trinajstić information content (AvgIpc) is 2.76. The summed E-state index contributed by atoms with van der Waals surface area (Å²) in [6.07, 6.45) is 0. The van der Waals surface area contributed by atoms with Crippen LogP contribution >= 0.6 is 31.9 Å². The van der Waals surface area contributed by atoms with E-state index in [0.29, 0.717) is 10.2 Å². The fourth-order valence-corrected chi connectivity index (χ4v) is 3.68. The number of halogens is 2. The molecule has 2 aromatic rings. The van der Waals surface area contributed by atoms with E-state index in [4.69, 9.17) is 5.73 Å². The molecule has 8 heteroatoms. The van der Waals surface area contributed by atoms with Crippen molar-refractivity contribution in [3.63, 3.8) is 0 Å². The fraction of sp³-hybridized carbons (Fsp3) is 0.133. The number of fused-ring (bicyclic) bond motifs is 1. The maximum Gasteiger partial charge on any atom is 0.262 e. The monoisotopic (exact) mass is 439 g/mol. The molecule has 0 fully saturated rings. The number of benzene rings is 1. The van der Waals surface area contributed by atoms with Gasteiger partial charge in [0.15, 0.2) is 0 Å². The molecule has 118 valence electrons. The number of carbonyl (C=O) groups excluding carboxylic acids is 2. The van der Waals surface area contributed by atoms with Crippen molar-refractivity contribution in [2.45, 2.75) is 13.8 Å². The molecule has 3 N–H and O–H groups in total. The highest BCUT2D eigenvalue weighted by Crippen LogP contribution is 2.34. The van der Waals surface area contributed by atoms with Gasteiger partial charge in [0.05, 0.1) is 16.8 Å². The minimum atomic E-state index is -0.608. The lowest BCUT2D eigenvalue weighted by Crippen LogP contribution is -2.24. The molecule has 0 radical (unpaired) electrons. The van der Waals surface area contributed by atoms with Crippen LogP contribution < -0.4 is 16.6 Å². The summed E-state index contributed by atoms with van der Waals surface area (Å²) >= 11 is 6.95. The van der Waals surface area contributed by atoms with Crippen LogP contribution in [0.5, 0.6) is 0 Å². The maximum absolute atomic E-state index is 12.5. The molecular weight excluding hydrogens is 430 g/mol. The number of nitrogen functional groups attached to an aromatic ring is 1. The van der Waals surface area contributed by atoms with Crippen LogP contribution in [0.2, 0.25) is 0 Å². The first-order valence-electron chi connectivity index (χ1n) is 6.60. The molecule has 0 saturated heterocycles. The third-order valence-electron chi connectivity index (χ3n) is 3.78. The van der Waals surface area contributed by atoms with Gasteiger partial charge in [0.1, 0.15) is 5.82 Å². The van der Waals surface area contributed by atoms with Gasteiger partial charge < -0.3 is 5.73 Å². The van der Waals surface area contributed by atoms with Crippen LogP contribution in [0.3, 0.4) is 0 Å². The molecule has 1 aliphatic heterocycles. The minimum absolute atomic E-state index is 0.00966. The highest BCUT2D eigenvalue weighted by Gasteiger charge is 2.32. The summed E-state index contributed by atoms with van der Waals surface area (Å²) in [5, 5.41) is 2.15. The Kier molecular flexibility index (Phi) is 3.68. The van der Waals surface area contributed by atoms with Gasteiger partial charge in [-0.2, -0.15) is 0 Å². The van der Waals surface area contributed by atoms with Crippen LogP contribution in [0.1, 0.15) is 31.8 Å². The summed E-state index contributed by atoms with van der Waals surface area (Å²) in [6.45, 7) is 3.77. The van der Waals surface area contributed by atoms with Gasteiger partial charge in [0.25, 0.3) is 17.4 Å². The van der Waals surface area contributed by atoms with E-state index in [1.54, 1.807) is 6.07 Å². The van der Waals surface area contributed by atoms with Gasteiger partial charge in [-0.05, 0) is 47.0 Å². The van der Waals surface area contributed by atoms with Crippen LogP contribution in [0.4, 0.5) is 5.82 Å². The number of carbonyl (C=O) groups is 2. The van der Waals surface area contributed by atoms with Gasteiger partial charge in [-0.1, -0.05) is 15.9 Å². The number of amides is 2. The van der Waals surface area contributed by atoms with Crippen molar-refractivity contribution in [1.29, 1.82) is 0 Å². The molecule has 0 atom stereocenters. The number of aromatic nitrogens is 1. The number of imide groups is 1. The van der Waals surface area contributed by atoms with Crippen molar-refractivity contribution < 1.29 is 9.59 Å². The second-order valence-electron chi connectivity index (χ2n) is 5.24. The normalized spacial score (nSPS) is 13.2. The molecule has 0 spiro atoms. The zero-order valence-electron chi connectivity index (χ0n) is 12.2. The summed E-state index contributed by atoms with van der Waals surface area (Å²) in [5.74, 6) is -1.27. The average molecular weight is 441 g/mol. The van der Waals surface area contributed by atoms with Crippen molar-refractivity contribution in [3.8, 4) is 5.69 Å². The van der Waals surface area contributed by atoms with Crippen molar-refractivity contribution in [2.24, 2.45) is 0 Å². The Labute approximate surface area is 147 Å². The predicted molar refractivity (Wildman–Crippen MR) is 93.1 cm³/mol. The summed E-state index contributed by atoms with van der Waals surface area (Å²) in [4.78, 5) is 36.1. The number of aryl methyl sites for hydroxylation is 1. The second kappa shape index (κ2) is 5.31. The summed E-state index contributed by atoms with van der Waals surface area (Å²) in [7, 11) is 0. The van der Waals surface area contributed by atoms with Gasteiger partial charge >= 0.3 is 0 Å². The van der Waals surface area contributed by atoms with Crippen LogP contribution in [0.25, 0.3) is 5.69 Å². The summed E-state index contributed by atoms with van der Waals surface area (Å²) in [6, 6.07) is 2.91. The van der Waals surface area contributed by atoms with Gasteiger partial charge in [0, 0.05) is 15.0 Å². The van der Waals surface area contributed by atoms with Gasteiger partial charge in [0.2, 0.25) is 0 Å². The lowest BCUT2D eigenvalue weighted by atomic mass is 10.1. The Morgan fingerprint density at radius 1 is 1.04 bits per heavy atom. The molecule has 2 heterocycles. The van der Waals surface area contributed by atoms with E-state index in [-0.39, 0.29) is 16.9 Å². The zero-order chi connectivity index (χ0) is 17.0. The Morgan fingerprint density at radius 3 is 2.35 bits per heavy atom. The third kappa shape index (κ3) is 2.24. The van der Waals surface area contributed by atoms with E-state index in [9.17, 15) is 14.4 Å². The van der Waals surface area contributed by atoms with E-state index < -0.39 is 17.4 Å². The van der Waals surface area contributed by atoms with Crippen molar-refractivity contribution >= 4 is 49.5 Å². The highest BCUT2D eigenvalue weighted by molar-refractivity contribution is 9.11. The highest BCUT2D eigenvalue weighted by atomic mass is 79.9. The molecule has 1 aromatic carbocycles. The largest absolute Gasteiger partial charge is 0.384 e. The van der Waals surface area contributed by atoms with Crippen LogP contribution in [0.15, 0.2) is 25.9 Å². The Morgan fingerprint density at radius 2 is 1.70 bits per heavy atom. The molecule has 0 bridgehead atoms. The summed E-state index contributed by atoms with van der Waals surface area (Å²) < 4.78 is 2.82. The van der Waals surface area contributed by atoms with E-state index in [0.717, 1.165) is 21.7 Å². The Bertz CT molecular complexity index is 964. The summed E-state index contributed by atoms with van der Waals surface area (Å²) in [5.41, 5.74) is 7.92. The van der Waals surface area contributed by atoms with Crippen LogP contribution in [0, 0.1) is 13.8 Å². The van der Waals surface area contributed by atoms with E-state index in [1.807, 2.05) is 13.8 Å². The first kappa shape index (κ1) is 15.9. The van der Waals surface area contributed by atoms with E-state index in [1.165, 1.54) is 4.57 Å². The molecule has 0 aliphatic carbocycles.